The Morgan fingerprint density at radius 2 is 1.22 bits per heavy atom. The van der Waals surface area contributed by atoms with Crippen LogP contribution in [0.3, 0.4) is 0 Å². The van der Waals surface area contributed by atoms with Crippen LogP contribution in [0.1, 0.15) is 93.9 Å². The van der Waals surface area contributed by atoms with Crippen LogP contribution in [0.4, 0.5) is 0 Å². The highest BCUT2D eigenvalue weighted by Gasteiger charge is 2.47. The Labute approximate surface area is 149 Å². The molecule has 0 radical (unpaired) electrons. The van der Waals surface area contributed by atoms with Crippen molar-refractivity contribution in [2.24, 2.45) is 0 Å². The molecule has 0 aromatic rings. The average molecular weight is 363 g/mol. The Bertz CT molecular complexity index is 261. The van der Waals surface area contributed by atoms with Crippen LogP contribution in [-0.4, -0.2) is 21.1 Å². The van der Waals surface area contributed by atoms with Crippen LogP contribution in [-0.2, 0) is 8.74 Å². The molecule has 0 rings (SSSR count). The summed E-state index contributed by atoms with van der Waals surface area (Å²) in [6, 6.07) is 0. The van der Waals surface area contributed by atoms with Gasteiger partial charge in [0.25, 0.3) is 0 Å². The summed E-state index contributed by atoms with van der Waals surface area (Å²) in [5.74, 6) is 0. The summed E-state index contributed by atoms with van der Waals surface area (Å²) in [5, 5.41) is 0. The Kier molecular flexibility index (Phi) is 13.2. The lowest BCUT2D eigenvalue weighted by Gasteiger charge is -2.43. The van der Waals surface area contributed by atoms with Crippen LogP contribution in [0.15, 0.2) is 0 Å². The first-order chi connectivity index (χ1) is 10.8. The maximum atomic E-state index is 6.87. The minimum atomic E-state index is -1.81. The monoisotopic (exact) mass is 362 g/mol. The van der Waals surface area contributed by atoms with Crippen LogP contribution in [0.25, 0.3) is 0 Å². The normalized spacial score (nSPS) is 14.2. The fraction of sp³-hybridized carbons (Fsp3) is 1.00. The molecule has 0 saturated carbocycles. The summed E-state index contributed by atoms with van der Waals surface area (Å²) in [6.45, 7) is 19.3. The highest BCUT2D eigenvalue weighted by atomic mass is 31.2. The quantitative estimate of drug-likeness (QED) is 0.178. The van der Waals surface area contributed by atoms with Crippen molar-refractivity contribution in [2.45, 2.75) is 111 Å². The fourth-order valence-corrected chi connectivity index (χ4v) is 13.2. The van der Waals surface area contributed by atoms with Gasteiger partial charge in [-0.2, -0.15) is 0 Å². The van der Waals surface area contributed by atoms with Gasteiger partial charge in [0.2, 0.25) is 8.32 Å². The molecule has 0 aliphatic heterocycles. The average Bonchev–Trinajstić information content (AvgIpc) is 2.46. The summed E-state index contributed by atoms with van der Waals surface area (Å²) in [6.07, 6.45) is 9.15. The highest BCUT2D eigenvalue weighted by molar-refractivity contribution is 7.49. The smallest absolute Gasteiger partial charge is 0.208 e. The molecule has 0 saturated heterocycles. The molecule has 0 bridgehead atoms. The van der Waals surface area contributed by atoms with Gasteiger partial charge in [-0.1, -0.05) is 80.6 Å². The zero-order chi connectivity index (χ0) is 17.9. The highest BCUT2D eigenvalue weighted by Crippen LogP contribution is 2.52. The molecule has 0 aliphatic carbocycles. The topological polar surface area (TPSA) is 18.5 Å². The zero-order valence-corrected chi connectivity index (χ0v) is 19.0. The van der Waals surface area contributed by atoms with Crippen molar-refractivity contribution in [1.29, 1.82) is 0 Å². The van der Waals surface area contributed by atoms with E-state index in [1.54, 1.807) is 0 Å². The summed E-state index contributed by atoms with van der Waals surface area (Å²) in [4.78, 5) is 0. The molecule has 2 nitrogen and oxygen atoms in total. The molecule has 0 N–H and O–H groups in total. The first-order valence-electron chi connectivity index (χ1n) is 9.92. The van der Waals surface area contributed by atoms with Gasteiger partial charge < -0.3 is 8.74 Å². The van der Waals surface area contributed by atoms with E-state index >= 15 is 0 Å². The summed E-state index contributed by atoms with van der Waals surface area (Å²) < 4.78 is 12.9. The van der Waals surface area contributed by atoms with E-state index in [1.165, 1.54) is 38.5 Å². The SMILES string of the molecule is CCCCCCCCP(OCC)O[Si](C(C)C)(C(C)C)C(C)C. The Morgan fingerprint density at radius 3 is 1.65 bits per heavy atom. The first-order valence-corrected chi connectivity index (χ1v) is 13.4. The first kappa shape index (κ1) is 23.6. The van der Waals surface area contributed by atoms with Gasteiger partial charge in [-0.3, -0.25) is 0 Å². The third kappa shape index (κ3) is 7.99. The molecule has 140 valence electrons. The summed E-state index contributed by atoms with van der Waals surface area (Å²) in [5.41, 5.74) is 1.91. The second-order valence-corrected chi connectivity index (χ2v) is 14.9. The van der Waals surface area contributed by atoms with Crippen molar-refractivity contribution >= 4 is 16.7 Å². The molecule has 0 heterocycles. The van der Waals surface area contributed by atoms with Crippen LogP contribution in [0.5, 0.6) is 0 Å². The van der Waals surface area contributed by atoms with Crippen molar-refractivity contribution in [1.82, 2.24) is 0 Å². The van der Waals surface area contributed by atoms with Crippen LogP contribution in [0.2, 0.25) is 16.6 Å². The summed E-state index contributed by atoms with van der Waals surface area (Å²) >= 11 is 0. The van der Waals surface area contributed by atoms with Gasteiger partial charge in [-0.25, -0.2) is 0 Å². The molecule has 1 unspecified atom stereocenters. The second kappa shape index (κ2) is 12.9. The third-order valence-corrected chi connectivity index (χ3v) is 13.7. The van der Waals surface area contributed by atoms with E-state index < -0.39 is 16.7 Å². The largest absolute Gasteiger partial charge is 0.374 e. The minimum Gasteiger partial charge on any atom is -0.374 e. The van der Waals surface area contributed by atoms with Crippen LogP contribution in [0, 0.1) is 0 Å². The van der Waals surface area contributed by atoms with Gasteiger partial charge >= 0.3 is 0 Å². The van der Waals surface area contributed by atoms with Crippen LogP contribution < -0.4 is 0 Å². The minimum absolute atomic E-state index is 0.637. The molecule has 0 aliphatic rings. The van der Waals surface area contributed by atoms with Crippen molar-refractivity contribution < 1.29 is 8.74 Å². The maximum absolute atomic E-state index is 6.87. The fourth-order valence-electron chi connectivity index (χ4n) is 3.79. The molecule has 0 fully saturated rings. The van der Waals surface area contributed by atoms with Gasteiger partial charge in [-0.15, -0.1) is 0 Å². The molecule has 0 aromatic carbocycles. The molecule has 1 atom stereocenters. The van der Waals surface area contributed by atoms with E-state index in [0.717, 1.165) is 12.8 Å². The Hall–Kier alpha value is 0.567. The van der Waals surface area contributed by atoms with Gasteiger partial charge in [-0.05, 0) is 30.0 Å². The van der Waals surface area contributed by atoms with Gasteiger partial charge in [0.15, 0.2) is 8.38 Å². The van der Waals surface area contributed by atoms with Gasteiger partial charge in [0.05, 0.1) is 6.61 Å². The van der Waals surface area contributed by atoms with Gasteiger partial charge in [0.1, 0.15) is 0 Å². The molecule has 4 heteroatoms. The lowest BCUT2D eigenvalue weighted by atomic mass is 10.1. The van der Waals surface area contributed by atoms with E-state index in [9.17, 15) is 0 Å². The third-order valence-electron chi connectivity index (χ3n) is 4.93. The molecule has 0 amide bonds. The predicted octanol–water partition coefficient (Wildman–Crippen LogP) is 7.89. The zero-order valence-electron chi connectivity index (χ0n) is 17.2. The van der Waals surface area contributed by atoms with E-state index in [1.807, 2.05) is 0 Å². The van der Waals surface area contributed by atoms with E-state index in [-0.39, 0.29) is 0 Å². The van der Waals surface area contributed by atoms with Gasteiger partial charge in [0, 0.05) is 6.16 Å². The molecule has 23 heavy (non-hydrogen) atoms. The maximum Gasteiger partial charge on any atom is 0.208 e. The number of unbranched alkanes of at least 4 members (excludes halogenated alkanes) is 5. The Morgan fingerprint density at radius 1 is 0.739 bits per heavy atom. The molecule has 0 aromatic heterocycles. The number of hydrogen-bond acceptors (Lipinski definition) is 2. The van der Waals surface area contributed by atoms with E-state index in [0.29, 0.717) is 16.6 Å². The lowest BCUT2D eigenvalue weighted by Crippen LogP contribution is -2.46. The standard InChI is InChI=1S/C19H43O2PSi/c1-9-11-12-13-14-15-16-22(20-10-2)21-23(17(3)4,18(5)6)19(7)8/h17-19H,9-16H2,1-8H3. The van der Waals surface area contributed by atoms with Crippen molar-refractivity contribution in [3.05, 3.63) is 0 Å². The molecular formula is C19H43O2PSi. The lowest BCUT2D eigenvalue weighted by molar-refractivity contribution is 0.322. The summed E-state index contributed by atoms with van der Waals surface area (Å²) in [7, 11) is -2.51. The van der Waals surface area contributed by atoms with Crippen molar-refractivity contribution in [3.63, 3.8) is 0 Å². The van der Waals surface area contributed by atoms with Crippen LogP contribution >= 0.6 is 8.38 Å². The van der Waals surface area contributed by atoms with E-state index in [4.69, 9.17) is 8.74 Å². The molecular weight excluding hydrogens is 319 g/mol. The predicted molar refractivity (Wildman–Crippen MR) is 109 cm³/mol. The molecule has 0 spiro atoms. The number of rotatable bonds is 14. The van der Waals surface area contributed by atoms with Crippen molar-refractivity contribution in [3.8, 4) is 0 Å². The van der Waals surface area contributed by atoms with E-state index in [2.05, 4.69) is 55.4 Å². The van der Waals surface area contributed by atoms with Crippen molar-refractivity contribution in [2.75, 3.05) is 12.8 Å². The second-order valence-electron chi connectivity index (χ2n) is 7.65. The number of hydrogen-bond donors (Lipinski definition) is 0. The Balaban J connectivity index is 4.67.